The van der Waals surface area contributed by atoms with Crippen molar-refractivity contribution in [1.29, 1.82) is 0 Å². The summed E-state index contributed by atoms with van der Waals surface area (Å²) in [6.45, 7) is 0. The summed E-state index contributed by atoms with van der Waals surface area (Å²) >= 11 is 0. The topological polar surface area (TPSA) is 38.7 Å². The Labute approximate surface area is 107 Å². The monoisotopic (exact) mass is 246 g/mol. The van der Waals surface area contributed by atoms with Gasteiger partial charge in [0.25, 0.3) is 0 Å². The SMILES string of the molecule is COc1ccc([C@@H](O)O[C@@H]2C[C@H]3C=C[C@H]2C3)cc1. The van der Waals surface area contributed by atoms with E-state index in [0.717, 1.165) is 17.7 Å². The number of fused-ring (bicyclic) bond motifs is 2. The highest BCUT2D eigenvalue weighted by Crippen LogP contribution is 2.42. The van der Waals surface area contributed by atoms with Crippen molar-refractivity contribution in [3.63, 3.8) is 0 Å². The standard InChI is InChI=1S/C15H18O3/c1-17-13-6-4-11(5-7-13)15(16)18-14-9-10-2-3-12(14)8-10/h2-7,10,12,14-16H,8-9H2,1H3/t10-,12-,14+,15-/m0/s1. The van der Waals surface area contributed by atoms with Gasteiger partial charge in [-0.05, 0) is 30.9 Å². The van der Waals surface area contributed by atoms with E-state index in [0.29, 0.717) is 11.8 Å². The van der Waals surface area contributed by atoms with E-state index in [1.54, 1.807) is 7.11 Å². The molecule has 1 fully saturated rings. The number of aliphatic hydroxyl groups is 1. The molecule has 1 aromatic carbocycles. The fourth-order valence-electron chi connectivity index (χ4n) is 2.90. The van der Waals surface area contributed by atoms with E-state index in [1.165, 1.54) is 6.42 Å². The van der Waals surface area contributed by atoms with E-state index in [-0.39, 0.29) is 6.10 Å². The van der Waals surface area contributed by atoms with E-state index >= 15 is 0 Å². The zero-order chi connectivity index (χ0) is 12.5. The smallest absolute Gasteiger partial charge is 0.181 e. The van der Waals surface area contributed by atoms with Crippen molar-refractivity contribution >= 4 is 0 Å². The molecule has 96 valence electrons. The van der Waals surface area contributed by atoms with Crippen LogP contribution >= 0.6 is 0 Å². The van der Waals surface area contributed by atoms with Crippen LogP contribution < -0.4 is 4.74 Å². The fraction of sp³-hybridized carbons (Fsp3) is 0.467. The third kappa shape index (κ3) is 2.16. The van der Waals surface area contributed by atoms with Crippen LogP contribution in [0.4, 0.5) is 0 Å². The molecule has 2 aliphatic rings. The van der Waals surface area contributed by atoms with Crippen molar-refractivity contribution in [2.75, 3.05) is 7.11 Å². The maximum absolute atomic E-state index is 10.1. The summed E-state index contributed by atoms with van der Waals surface area (Å²) in [5, 5.41) is 10.1. The minimum atomic E-state index is -0.839. The first-order chi connectivity index (χ1) is 8.76. The van der Waals surface area contributed by atoms with E-state index in [2.05, 4.69) is 12.2 Å². The maximum atomic E-state index is 10.1. The minimum Gasteiger partial charge on any atom is -0.497 e. The molecule has 0 radical (unpaired) electrons. The zero-order valence-corrected chi connectivity index (χ0v) is 10.5. The minimum absolute atomic E-state index is 0.164. The number of methoxy groups -OCH3 is 1. The van der Waals surface area contributed by atoms with Crippen LogP contribution in [-0.4, -0.2) is 18.3 Å². The molecule has 0 heterocycles. The summed E-state index contributed by atoms with van der Waals surface area (Å²) < 4.78 is 10.9. The molecule has 0 aromatic heterocycles. The van der Waals surface area contributed by atoms with Crippen molar-refractivity contribution in [3.05, 3.63) is 42.0 Å². The molecule has 1 N–H and O–H groups in total. The van der Waals surface area contributed by atoms with Gasteiger partial charge in [0.1, 0.15) is 5.75 Å². The van der Waals surface area contributed by atoms with Crippen LogP contribution in [0.3, 0.4) is 0 Å². The largest absolute Gasteiger partial charge is 0.497 e. The van der Waals surface area contributed by atoms with E-state index < -0.39 is 6.29 Å². The van der Waals surface area contributed by atoms with Crippen LogP contribution in [0, 0.1) is 11.8 Å². The second kappa shape index (κ2) is 4.75. The Balaban J connectivity index is 1.63. The lowest BCUT2D eigenvalue weighted by Gasteiger charge is -2.23. The number of allylic oxidation sites excluding steroid dienone is 1. The van der Waals surface area contributed by atoms with Gasteiger partial charge in [0.2, 0.25) is 0 Å². The molecule has 4 atom stereocenters. The van der Waals surface area contributed by atoms with Gasteiger partial charge >= 0.3 is 0 Å². The van der Waals surface area contributed by atoms with Gasteiger partial charge in [-0.15, -0.1) is 0 Å². The Bertz CT molecular complexity index is 438. The molecule has 1 saturated carbocycles. The average molecular weight is 246 g/mol. The molecule has 3 nitrogen and oxygen atoms in total. The Morgan fingerprint density at radius 3 is 2.50 bits per heavy atom. The second-order valence-electron chi connectivity index (χ2n) is 5.08. The van der Waals surface area contributed by atoms with Gasteiger partial charge in [-0.3, -0.25) is 0 Å². The van der Waals surface area contributed by atoms with Crippen LogP contribution in [0.15, 0.2) is 36.4 Å². The molecule has 3 rings (SSSR count). The molecule has 18 heavy (non-hydrogen) atoms. The summed E-state index contributed by atoms with van der Waals surface area (Å²) in [5.74, 6) is 1.93. The highest BCUT2D eigenvalue weighted by molar-refractivity contribution is 5.27. The predicted molar refractivity (Wildman–Crippen MR) is 68.2 cm³/mol. The molecule has 3 heteroatoms. The molecule has 0 saturated heterocycles. The first kappa shape index (κ1) is 11.8. The summed E-state index contributed by atoms with van der Waals surface area (Å²) in [4.78, 5) is 0. The summed E-state index contributed by atoms with van der Waals surface area (Å²) in [6.07, 6.45) is 6.03. The maximum Gasteiger partial charge on any atom is 0.181 e. The Hall–Kier alpha value is -1.32. The highest BCUT2D eigenvalue weighted by atomic mass is 16.6. The quantitative estimate of drug-likeness (QED) is 0.655. The lowest BCUT2D eigenvalue weighted by molar-refractivity contribution is -0.146. The predicted octanol–water partition coefficient (Wildman–Crippen LogP) is 2.67. The van der Waals surface area contributed by atoms with Crippen molar-refractivity contribution in [2.24, 2.45) is 11.8 Å². The Morgan fingerprint density at radius 2 is 1.94 bits per heavy atom. The zero-order valence-electron chi connectivity index (χ0n) is 10.5. The van der Waals surface area contributed by atoms with Crippen LogP contribution in [0.25, 0.3) is 0 Å². The van der Waals surface area contributed by atoms with Crippen LogP contribution in [0.2, 0.25) is 0 Å². The number of aliphatic hydroxyl groups excluding tert-OH is 1. The van der Waals surface area contributed by atoms with E-state index in [9.17, 15) is 5.11 Å². The number of hydrogen-bond donors (Lipinski definition) is 1. The summed E-state index contributed by atoms with van der Waals surface area (Å²) in [7, 11) is 1.63. The third-order valence-corrected chi connectivity index (χ3v) is 3.92. The van der Waals surface area contributed by atoms with Gasteiger partial charge in [-0.2, -0.15) is 0 Å². The lowest BCUT2D eigenvalue weighted by Crippen LogP contribution is -2.21. The van der Waals surface area contributed by atoms with Crippen LogP contribution in [0.1, 0.15) is 24.7 Å². The third-order valence-electron chi connectivity index (χ3n) is 3.92. The molecule has 0 amide bonds. The van der Waals surface area contributed by atoms with Crippen LogP contribution in [0.5, 0.6) is 5.75 Å². The molecule has 0 unspecified atom stereocenters. The normalized spacial score (nSPS) is 30.7. The lowest BCUT2D eigenvalue weighted by atomic mass is 10.0. The van der Waals surface area contributed by atoms with Crippen molar-refractivity contribution in [2.45, 2.75) is 25.2 Å². The molecule has 0 aliphatic heterocycles. The van der Waals surface area contributed by atoms with Crippen LogP contribution in [-0.2, 0) is 4.74 Å². The van der Waals surface area contributed by atoms with Gasteiger partial charge in [-0.1, -0.05) is 24.3 Å². The van der Waals surface area contributed by atoms with Crippen molar-refractivity contribution in [1.82, 2.24) is 0 Å². The average Bonchev–Trinajstić information content (AvgIpc) is 3.01. The highest BCUT2D eigenvalue weighted by Gasteiger charge is 2.37. The molecular formula is C15H18O3. The van der Waals surface area contributed by atoms with Gasteiger partial charge < -0.3 is 14.6 Å². The van der Waals surface area contributed by atoms with Gasteiger partial charge in [-0.25, -0.2) is 0 Å². The van der Waals surface area contributed by atoms with E-state index in [4.69, 9.17) is 9.47 Å². The van der Waals surface area contributed by atoms with Gasteiger partial charge in [0.05, 0.1) is 13.2 Å². The van der Waals surface area contributed by atoms with Crippen molar-refractivity contribution < 1.29 is 14.6 Å². The van der Waals surface area contributed by atoms with Crippen molar-refractivity contribution in [3.8, 4) is 5.75 Å². The Kier molecular flexibility index (Phi) is 3.10. The molecule has 2 bridgehead atoms. The Morgan fingerprint density at radius 1 is 1.17 bits per heavy atom. The first-order valence-corrected chi connectivity index (χ1v) is 6.42. The molecule has 2 aliphatic carbocycles. The van der Waals surface area contributed by atoms with Gasteiger partial charge in [0, 0.05) is 11.5 Å². The number of rotatable bonds is 4. The fourth-order valence-corrected chi connectivity index (χ4v) is 2.90. The second-order valence-corrected chi connectivity index (χ2v) is 5.08. The number of ether oxygens (including phenoxy) is 2. The summed E-state index contributed by atoms with van der Waals surface area (Å²) in [5.41, 5.74) is 0.780. The van der Waals surface area contributed by atoms with Gasteiger partial charge in [0.15, 0.2) is 6.29 Å². The molecular weight excluding hydrogens is 228 g/mol. The first-order valence-electron chi connectivity index (χ1n) is 6.42. The van der Waals surface area contributed by atoms with E-state index in [1.807, 2.05) is 24.3 Å². The molecule has 1 aromatic rings. The number of benzene rings is 1. The summed E-state index contributed by atoms with van der Waals surface area (Å²) in [6, 6.07) is 7.35. The number of hydrogen-bond acceptors (Lipinski definition) is 3. The molecule has 0 spiro atoms.